The normalized spacial score (nSPS) is 15.0. The Hall–Kier alpha value is -2.36. The Bertz CT molecular complexity index is 1170. The van der Waals surface area contributed by atoms with Gasteiger partial charge in [0.05, 0.1) is 22.0 Å². The quantitative estimate of drug-likeness (QED) is 0.508. The average molecular weight is 544 g/mol. The molecule has 190 valence electrons. The predicted molar refractivity (Wildman–Crippen MR) is 135 cm³/mol. The molecule has 1 N–H and O–H groups in total. The van der Waals surface area contributed by atoms with E-state index in [4.69, 9.17) is 23.2 Å². The van der Waals surface area contributed by atoms with Crippen LogP contribution in [-0.2, 0) is 26.2 Å². The maximum Gasteiger partial charge on any atom is 0.244 e. The molecule has 7 nitrogen and oxygen atoms in total. The van der Waals surface area contributed by atoms with E-state index in [-0.39, 0.29) is 24.2 Å². The monoisotopic (exact) mass is 543 g/mol. The molecule has 1 unspecified atom stereocenters. The second-order valence-electron chi connectivity index (χ2n) is 8.68. The first-order chi connectivity index (χ1) is 16.5. The summed E-state index contributed by atoms with van der Waals surface area (Å²) >= 11 is 12.1. The summed E-state index contributed by atoms with van der Waals surface area (Å²) in [5, 5.41) is 3.63. The van der Waals surface area contributed by atoms with Crippen molar-refractivity contribution < 1.29 is 22.4 Å². The van der Waals surface area contributed by atoms with Crippen LogP contribution in [0, 0.1) is 5.82 Å². The molecule has 1 aliphatic carbocycles. The second-order valence-corrected chi connectivity index (χ2v) is 11.4. The number of nitrogens with zero attached hydrogens (tertiary/aromatic N) is 2. The molecule has 35 heavy (non-hydrogen) atoms. The van der Waals surface area contributed by atoms with Gasteiger partial charge in [0.1, 0.15) is 18.4 Å². The van der Waals surface area contributed by atoms with Crippen molar-refractivity contribution in [3.05, 3.63) is 63.9 Å². The molecule has 1 saturated carbocycles. The van der Waals surface area contributed by atoms with E-state index in [0.29, 0.717) is 15.6 Å². The maximum absolute atomic E-state index is 13.5. The number of carbonyl (C=O) groups is 2. The number of benzene rings is 2. The van der Waals surface area contributed by atoms with Crippen LogP contribution < -0.4 is 9.62 Å². The number of nitrogens with one attached hydrogen (secondary N) is 1. The van der Waals surface area contributed by atoms with Gasteiger partial charge in [0.2, 0.25) is 21.8 Å². The molecule has 2 amide bonds. The van der Waals surface area contributed by atoms with Gasteiger partial charge in [-0.1, -0.05) is 42.1 Å². The van der Waals surface area contributed by atoms with Crippen LogP contribution in [0.4, 0.5) is 10.1 Å². The highest BCUT2D eigenvalue weighted by atomic mass is 35.5. The fourth-order valence-corrected chi connectivity index (χ4v) is 5.20. The molecular weight excluding hydrogens is 516 g/mol. The van der Waals surface area contributed by atoms with Gasteiger partial charge in [-0.05, 0) is 61.7 Å². The molecule has 0 saturated heterocycles. The van der Waals surface area contributed by atoms with E-state index in [0.717, 1.165) is 48.4 Å². The van der Waals surface area contributed by atoms with Gasteiger partial charge in [-0.2, -0.15) is 0 Å². The first-order valence-corrected chi connectivity index (χ1v) is 13.8. The minimum absolute atomic E-state index is 0.00992. The number of sulfonamides is 1. The van der Waals surface area contributed by atoms with Crippen molar-refractivity contribution in [2.45, 2.75) is 51.2 Å². The van der Waals surface area contributed by atoms with Gasteiger partial charge in [-0.25, -0.2) is 12.8 Å². The minimum atomic E-state index is -3.88. The summed E-state index contributed by atoms with van der Waals surface area (Å²) in [7, 11) is -3.88. The van der Waals surface area contributed by atoms with E-state index in [1.807, 2.05) is 0 Å². The molecule has 0 aliphatic heterocycles. The van der Waals surface area contributed by atoms with Crippen molar-refractivity contribution in [3.63, 3.8) is 0 Å². The Labute approximate surface area is 215 Å². The summed E-state index contributed by atoms with van der Waals surface area (Å²) < 4.78 is 39.3. The van der Waals surface area contributed by atoms with Gasteiger partial charge in [0, 0.05) is 12.6 Å². The number of hydrogen-bond acceptors (Lipinski definition) is 4. The van der Waals surface area contributed by atoms with Gasteiger partial charge in [-0.3, -0.25) is 13.9 Å². The van der Waals surface area contributed by atoms with Crippen molar-refractivity contribution in [3.8, 4) is 0 Å². The van der Waals surface area contributed by atoms with E-state index in [9.17, 15) is 22.4 Å². The van der Waals surface area contributed by atoms with Crippen molar-refractivity contribution in [1.29, 1.82) is 0 Å². The smallest absolute Gasteiger partial charge is 0.244 e. The van der Waals surface area contributed by atoms with Crippen molar-refractivity contribution in [2.75, 3.05) is 17.1 Å². The zero-order valence-electron chi connectivity index (χ0n) is 19.5. The molecule has 2 aromatic carbocycles. The Morgan fingerprint density at radius 1 is 1.09 bits per heavy atom. The number of carbonyl (C=O) groups excluding carboxylic acids is 2. The van der Waals surface area contributed by atoms with Crippen LogP contribution in [0.15, 0.2) is 42.5 Å². The highest BCUT2D eigenvalue weighted by Gasteiger charge is 2.31. The van der Waals surface area contributed by atoms with Crippen LogP contribution in [0.1, 0.15) is 38.2 Å². The zero-order valence-corrected chi connectivity index (χ0v) is 21.8. The summed E-state index contributed by atoms with van der Waals surface area (Å²) in [5.41, 5.74) is 0.765. The number of amides is 2. The van der Waals surface area contributed by atoms with Crippen LogP contribution in [0.3, 0.4) is 0 Å². The fourth-order valence-electron chi connectivity index (χ4n) is 4.03. The molecule has 0 aromatic heterocycles. The summed E-state index contributed by atoms with van der Waals surface area (Å²) in [6.45, 7) is 1.05. The lowest BCUT2D eigenvalue weighted by Gasteiger charge is -2.32. The van der Waals surface area contributed by atoms with E-state index in [1.54, 1.807) is 25.1 Å². The Kier molecular flexibility index (Phi) is 9.01. The number of hydrogen-bond donors (Lipinski definition) is 1. The fraction of sp³-hybridized carbons (Fsp3) is 0.417. The first kappa shape index (κ1) is 27.2. The van der Waals surface area contributed by atoms with Crippen LogP contribution in [-0.4, -0.2) is 50.0 Å². The van der Waals surface area contributed by atoms with E-state index < -0.39 is 34.3 Å². The molecule has 0 spiro atoms. The molecular formula is C24H28Cl2FN3O4S. The highest BCUT2D eigenvalue weighted by Crippen LogP contribution is 2.25. The van der Waals surface area contributed by atoms with Gasteiger partial charge >= 0.3 is 0 Å². The van der Waals surface area contributed by atoms with E-state index >= 15 is 0 Å². The summed E-state index contributed by atoms with van der Waals surface area (Å²) in [4.78, 5) is 27.8. The molecule has 3 rings (SSSR count). The summed E-state index contributed by atoms with van der Waals surface area (Å²) in [5.74, 6) is -1.45. The zero-order chi connectivity index (χ0) is 25.8. The molecule has 2 aromatic rings. The molecule has 0 radical (unpaired) electrons. The van der Waals surface area contributed by atoms with E-state index in [2.05, 4.69) is 5.32 Å². The van der Waals surface area contributed by atoms with Gasteiger partial charge in [0.15, 0.2) is 0 Å². The van der Waals surface area contributed by atoms with Crippen LogP contribution in [0.2, 0.25) is 10.0 Å². The van der Waals surface area contributed by atoms with Crippen LogP contribution in [0.5, 0.6) is 0 Å². The Balaban J connectivity index is 1.88. The third kappa shape index (κ3) is 7.32. The van der Waals surface area contributed by atoms with Crippen molar-refractivity contribution in [1.82, 2.24) is 10.2 Å². The summed E-state index contributed by atoms with van der Waals surface area (Å²) in [6.07, 6.45) is 4.79. The molecule has 11 heteroatoms. The van der Waals surface area contributed by atoms with Crippen molar-refractivity contribution >= 4 is 50.7 Å². The standard InChI is InChI=1S/C24H28Cl2FN3O4S/c1-16(24(32)28-19-5-3-4-6-19)29(14-17-7-12-21(25)22(26)13-17)23(31)15-30(35(2,33)34)20-10-8-18(27)9-11-20/h7-13,16,19H,3-6,14-15H2,1-2H3,(H,28,32). The third-order valence-corrected chi connectivity index (χ3v) is 7.88. The Morgan fingerprint density at radius 2 is 1.71 bits per heavy atom. The van der Waals surface area contributed by atoms with Gasteiger partial charge in [-0.15, -0.1) is 0 Å². The SMILES string of the molecule is CC(C(=O)NC1CCCC1)N(Cc1ccc(Cl)c(Cl)c1)C(=O)CN(c1ccc(F)cc1)S(C)(=O)=O. The lowest BCUT2D eigenvalue weighted by Crippen LogP contribution is -2.52. The minimum Gasteiger partial charge on any atom is -0.352 e. The van der Waals surface area contributed by atoms with Crippen molar-refractivity contribution in [2.24, 2.45) is 0 Å². The molecule has 1 aliphatic rings. The topological polar surface area (TPSA) is 86.8 Å². The van der Waals surface area contributed by atoms with E-state index in [1.165, 1.54) is 17.0 Å². The van der Waals surface area contributed by atoms with Crippen LogP contribution in [0.25, 0.3) is 0 Å². The molecule has 0 heterocycles. The lowest BCUT2D eigenvalue weighted by molar-refractivity contribution is -0.139. The largest absolute Gasteiger partial charge is 0.352 e. The van der Waals surface area contributed by atoms with Gasteiger partial charge < -0.3 is 10.2 Å². The number of halogens is 3. The highest BCUT2D eigenvalue weighted by molar-refractivity contribution is 7.92. The molecule has 0 bridgehead atoms. The number of anilines is 1. The molecule has 1 fully saturated rings. The second kappa shape index (κ2) is 11.6. The maximum atomic E-state index is 13.5. The van der Waals surface area contributed by atoms with Crippen LogP contribution >= 0.6 is 23.2 Å². The first-order valence-electron chi connectivity index (χ1n) is 11.2. The lowest BCUT2D eigenvalue weighted by atomic mass is 10.1. The number of rotatable bonds is 9. The third-order valence-electron chi connectivity index (χ3n) is 6.00. The Morgan fingerprint density at radius 3 is 2.29 bits per heavy atom. The van der Waals surface area contributed by atoms with Gasteiger partial charge in [0.25, 0.3) is 0 Å². The predicted octanol–water partition coefficient (Wildman–Crippen LogP) is 4.37. The summed E-state index contributed by atoms with van der Waals surface area (Å²) in [6, 6.07) is 8.83. The average Bonchev–Trinajstić information content (AvgIpc) is 3.30. The molecule has 1 atom stereocenters.